The van der Waals surface area contributed by atoms with E-state index in [0.717, 1.165) is 5.69 Å². The number of carbonyl (C=O) groups is 2. The summed E-state index contributed by atoms with van der Waals surface area (Å²) in [4.78, 5) is 31.8. The standard InChI is InChI=1S/C15H19N3O4S/c1-10-3-4-12(7-16-10)15(20)18-6-5-17(11(2)19)13-8-23(21,22)9-14(13)18/h3-4,7,13-14H,5-6,8-9H2,1-2H3/t13-,14+/m0/s1. The van der Waals surface area contributed by atoms with Gasteiger partial charge in [0.25, 0.3) is 5.91 Å². The Labute approximate surface area is 135 Å². The lowest BCUT2D eigenvalue weighted by atomic mass is 10.0. The third kappa shape index (κ3) is 2.95. The molecule has 124 valence electrons. The van der Waals surface area contributed by atoms with Crippen LogP contribution in [0.1, 0.15) is 23.0 Å². The number of rotatable bonds is 1. The van der Waals surface area contributed by atoms with E-state index in [9.17, 15) is 18.0 Å². The van der Waals surface area contributed by atoms with E-state index in [1.807, 2.05) is 6.92 Å². The van der Waals surface area contributed by atoms with Crippen LogP contribution in [0.2, 0.25) is 0 Å². The minimum absolute atomic E-state index is 0.0762. The molecule has 8 heteroatoms. The molecule has 2 aliphatic heterocycles. The zero-order valence-corrected chi connectivity index (χ0v) is 13.9. The molecule has 0 radical (unpaired) electrons. The summed E-state index contributed by atoms with van der Waals surface area (Å²) in [5.41, 5.74) is 1.25. The lowest BCUT2D eigenvalue weighted by Gasteiger charge is -2.43. The number of aryl methyl sites for hydroxylation is 1. The average Bonchev–Trinajstić information content (AvgIpc) is 2.80. The second-order valence-corrected chi connectivity index (χ2v) is 8.26. The first-order chi connectivity index (χ1) is 10.8. The molecule has 2 atom stereocenters. The van der Waals surface area contributed by atoms with Crippen molar-refractivity contribution in [1.82, 2.24) is 14.8 Å². The number of amides is 2. The third-order valence-corrected chi connectivity index (χ3v) is 6.20. The van der Waals surface area contributed by atoms with Crippen LogP contribution in [0.3, 0.4) is 0 Å². The van der Waals surface area contributed by atoms with Gasteiger partial charge in [-0.2, -0.15) is 0 Å². The van der Waals surface area contributed by atoms with Gasteiger partial charge in [-0.1, -0.05) is 0 Å². The highest BCUT2D eigenvalue weighted by molar-refractivity contribution is 7.91. The number of sulfone groups is 1. The number of pyridine rings is 1. The van der Waals surface area contributed by atoms with E-state index < -0.39 is 21.9 Å². The quantitative estimate of drug-likeness (QED) is 0.712. The molecular weight excluding hydrogens is 318 g/mol. The van der Waals surface area contributed by atoms with Crippen LogP contribution in [0.15, 0.2) is 18.3 Å². The molecule has 0 spiro atoms. The van der Waals surface area contributed by atoms with E-state index >= 15 is 0 Å². The highest BCUT2D eigenvalue weighted by atomic mass is 32.2. The summed E-state index contributed by atoms with van der Waals surface area (Å²) in [5, 5.41) is 0. The zero-order valence-electron chi connectivity index (χ0n) is 13.1. The van der Waals surface area contributed by atoms with Gasteiger partial charge >= 0.3 is 0 Å². The Kier molecular flexibility index (Phi) is 3.87. The maximum absolute atomic E-state index is 12.7. The van der Waals surface area contributed by atoms with Gasteiger partial charge in [0.05, 0.1) is 29.2 Å². The van der Waals surface area contributed by atoms with Gasteiger partial charge in [-0.05, 0) is 19.1 Å². The van der Waals surface area contributed by atoms with Gasteiger partial charge < -0.3 is 9.80 Å². The molecule has 23 heavy (non-hydrogen) atoms. The Morgan fingerprint density at radius 3 is 2.30 bits per heavy atom. The van der Waals surface area contributed by atoms with Gasteiger partial charge in [0.15, 0.2) is 9.84 Å². The summed E-state index contributed by atoms with van der Waals surface area (Å²) in [6, 6.07) is 2.52. The largest absolute Gasteiger partial charge is 0.335 e. The number of nitrogens with zero attached hydrogens (tertiary/aromatic N) is 3. The lowest BCUT2D eigenvalue weighted by Crippen LogP contribution is -2.61. The lowest BCUT2D eigenvalue weighted by molar-refractivity contribution is -0.133. The number of carbonyl (C=O) groups excluding carboxylic acids is 2. The van der Waals surface area contributed by atoms with Crippen LogP contribution in [-0.4, -0.2) is 71.7 Å². The van der Waals surface area contributed by atoms with E-state index in [1.165, 1.54) is 13.1 Å². The van der Waals surface area contributed by atoms with Gasteiger partial charge in [0.2, 0.25) is 5.91 Å². The number of aromatic nitrogens is 1. The molecule has 0 bridgehead atoms. The van der Waals surface area contributed by atoms with E-state index in [4.69, 9.17) is 0 Å². The molecule has 0 aliphatic carbocycles. The molecule has 1 aromatic heterocycles. The fourth-order valence-electron chi connectivity index (χ4n) is 3.36. The van der Waals surface area contributed by atoms with Crippen molar-refractivity contribution in [3.8, 4) is 0 Å². The van der Waals surface area contributed by atoms with Gasteiger partial charge in [-0.25, -0.2) is 8.42 Å². The summed E-state index contributed by atoms with van der Waals surface area (Å²) in [6.45, 7) is 3.96. The SMILES string of the molecule is CC(=O)N1CCN(C(=O)c2ccc(C)nc2)[C@@H]2CS(=O)(=O)C[C@@H]21. The second-order valence-electron chi connectivity index (χ2n) is 6.11. The van der Waals surface area contributed by atoms with Crippen LogP contribution in [0.5, 0.6) is 0 Å². The highest BCUT2D eigenvalue weighted by Crippen LogP contribution is 2.28. The third-order valence-electron chi connectivity index (χ3n) is 4.50. The minimum atomic E-state index is -3.25. The molecule has 0 aromatic carbocycles. The monoisotopic (exact) mass is 337 g/mol. The summed E-state index contributed by atoms with van der Waals surface area (Å²) < 4.78 is 24.1. The van der Waals surface area contributed by atoms with Crippen molar-refractivity contribution < 1.29 is 18.0 Å². The normalized spacial score (nSPS) is 26.0. The molecule has 2 saturated heterocycles. The molecule has 0 saturated carbocycles. The number of hydrogen-bond acceptors (Lipinski definition) is 5. The Balaban J connectivity index is 1.90. The van der Waals surface area contributed by atoms with Crippen LogP contribution < -0.4 is 0 Å². The fourth-order valence-corrected chi connectivity index (χ4v) is 5.34. The predicted molar refractivity (Wildman–Crippen MR) is 83.6 cm³/mol. The van der Waals surface area contributed by atoms with Crippen molar-refractivity contribution in [2.24, 2.45) is 0 Å². The summed E-state index contributed by atoms with van der Waals surface area (Å²) in [5.74, 6) is -0.548. The van der Waals surface area contributed by atoms with E-state index in [2.05, 4.69) is 4.98 Å². The Bertz CT molecular complexity index is 744. The molecule has 1 aromatic rings. The van der Waals surface area contributed by atoms with E-state index in [0.29, 0.717) is 18.7 Å². The molecule has 7 nitrogen and oxygen atoms in total. The Morgan fingerprint density at radius 2 is 1.74 bits per heavy atom. The van der Waals surface area contributed by atoms with Crippen molar-refractivity contribution in [3.05, 3.63) is 29.6 Å². The number of hydrogen-bond donors (Lipinski definition) is 0. The van der Waals surface area contributed by atoms with Crippen LogP contribution >= 0.6 is 0 Å². The van der Waals surface area contributed by atoms with Gasteiger partial charge in [0, 0.05) is 31.9 Å². The first-order valence-electron chi connectivity index (χ1n) is 7.50. The maximum Gasteiger partial charge on any atom is 0.255 e. The number of fused-ring (bicyclic) bond motifs is 1. The van der Waals surface area contributed by atoms with Crippen LogP contribution in [0.4, 0.5) is 0 Å². The smallest absolute Gasteiger partial charge is 0.255 e. The molecule has 3 heterocycles. The maximum atomic E-state index is 12.7. The molecule has 0 N–H and O–H groups in total. The van der Waals surface area contributed by atoms with Crippen molar-refractivity contribution in [3.63, 3.8) is 0 Å². The molecule has 0 unspecified atom stereocenters. The summed E-state index contributed by atoms with van der Waals surface area (Å²) >= 11 is 0. The topological polar surface area (TPSA) is 87.7 Å². The Morgan fingerprint density at radius 1 is 1.13 bits per heavy atom. The Hall–Kier alpha value is -1.96. The first kappa shape index (κ1) is 15.9. The van der Waals surface area contributed by atoms with Gasteiger partial charge in [-0.15, -0.1) is 0 Å². The van der Waals surface area contributed by atoms with Crippen LogP contribution in [-0.2, 0) is 14.6 Å². The summed E-state index contributed by atoms with van der Waals surface area (Å²) in [7, 11) is -3.25. The van der Waals surface area contributed by atoms with Crippen molar-refractivity contribution >= 4 is 21.7 Å². The van der Waals surface area contributed by atoms with Crippen molar-refractivity contribution in [2.75, 3.05) is 24.6 Å². The zero-order chi connectivity index (χ0) is 16.8. The molecule has 2 aliphatic rings. The van der Waals surface area contributed by atoms with Gasteiger partial charge in [0.1, 0.15) is 0 Å². The predicted octanol–water partition coefficient (Wildman–Crippen LogP) is -0.140. The highest BCUT2D eigenvalue weighted by Gasteiger charge is 2.48. The average molecular weight is 337 g/mol. The molecular formula is C15H19N3O4S. The summed E-state index contributed by atoms with van der Waals surface area (Å²) in [6.07, 6.45) is 1.51. The molecule has 3 rings (SSSR count). The van der Waals surface area contributed by atoms with Crippen LogP contribution in [0, 0.1) is 6.92 Å². The molecule has 2 amide bonds. The van der Waals surface area contributed by atoms with Crippen molar-refractivity contribution in [2.45, 2.75) is 25.9 Å². The van der Waals surface area contributed by atoms with Crippen LogP contribution in [0.25, 0.3) is 0 Å². The van der Waals surface area contributed by atoms with Gasteiger partial charge in [-0.3, -0.25) is 14.6 Å². The number of piperazine rings is 1. The van der Waals surface area contributed by atoms with E-state index in [1.54, 1.807) is 21.9 Å². The fraction of sp³-hybridized carbons (Fsp3) is 0.533. The molecule has 2 fully saturated rings. The minimum Gasteiger partial charge on any atom is -0.335 e. The second kappa shape index (κ2) is 5.59. The van der Waals surface area contributed by atoms with Crippen molar-refractivity contribution in [1.29, 1.82) is 0 Å². The van der Waals surface area contributed by atoms with E-state index in [-0.39, 0.29) is 23.3 Å². The first-order valence-corrected chi connectivity index (χ1v) is 9.32.